The van der Waals surface area contributed by atoms with Crippen molar-refractivity contribution in [3.63, 3.8) is 0 Å². The molecule has 0 aliphatic heterocycles. The van der Waals surface area contributed by atoms with Crippen molar-refractivity contribution in [2.45, 2.75) is 0 Å². The van der Waals surface area contributed by atoms with Crippen LogP contribution in [0.25, 0.3) is 0 Å². The molecule has 0 fully saturated rings. The van der Waals surface area contributed by atoms with Gasteiger partial charge in [-0.25, -0.2) is 0 Å². The maximum absolute atomic E-state index is 8.24. The summed E-state index contributed by atoms with van der Waals surface area (Å²) >= 11 is 1.53. The molecule has 0 aliphatic rings. The molecule has 0 spiro atoms. The Bertz CT molecular complexity index is 23.6. The average molecular weight is 173 g/mol. The van der Waals surface area contributed by atoms with Crippen molar-refractivity contribution < 1.29 is 27.9 Å². The fraction of sp³-hybridized carbons (Fsp3) is 0. The summed E-state index contributed by atoms with van der Waals surface area (Å²) in [5.74, 6) is 0. The molecular formula is CHMoO2S-. The summed E-state index contributed by atoms with van der Waals surface area (Å²) < 4.78 is 0. The van der Waals surface area contributed by atoms with Crippen molar-refractivity contribution in [2.75, 3.05) is 0 Å². The van der Waals surface area contributed by atoms with E-state index in [-0.39, 0.29) is 0 Å². The van der Waals surface area contributed by atoms with E-state index >= 15 is 0 Å². The van der Waals surface area contributed by atoms with Crippen LogP contribution in [0.15, 0.2) is 0 Å². The van der Waals surface area contributed by atoms with Crippen molar-refractivity contribution in [3.8, 4) is 0 Å². The van der Waals surface area contributed by atoms with Crippen LogP contribution in [-0.2, 0) is 22.8 Å². The zero-order valence-electron chi connectivity index (χ0n) is 2.17. The number of hydrogen-bond donors (Lipinski definition) is 1. The van der Waals surface area contributed by atoms with E-state index in [0.717, 1.165) is 0 Å². The second-order valence-electron chi connectivity index (χ2n) is 0.0913. The Hall–Kier alpha value is 0.378. The molecule has 0 amide bonds. The zero-order chi connectivity index (χ0) is 4.71. The van der Waals surface area contributed by atoms with Gasteiger partial charge in [0.15, 0.2) is 0 Å². The Morgan fingerprint density at radius 2 is 1.80 bits per heavy atom. The van der Waals surface area contributed by atoms with Gasteiger partial charge in [-0.15, -0.1) is 0 Å². The molecule has 0 heterocycles. The molecule has 2 nitrogen and oxygen atoms in total. The van der Waals surface area contributed by atoms with Gasteiger partial charge in [-0.05, 0) is 0 Å². The summed E-state index contributed by atoms with van der Waals surface area (Å²) in [6, 6.07) is 0. The normalized spacial score (nSPS) is 3.20. The predicted molar refractivity (Wildman–Crippen MR) is 15.9 cm³/mol. The van der Waals surface area contributed by atoms with Crippen molar-refractivity contribution >= 4 is 16.3 Å². The third kappa shape index (κ3) is 173. The molecular weight excluding hydrogens is 172 g/mol. The summed E-state index contributed by atoms with van der Waals surface area (Å²) in [4.78, 5) is 8.24. The van der Waals surface area contributed by atoms with E-state index in [1.165, 1.54) is 18.0 Å². The molecule has 0 saturated heterocycles. The van der Waals surface area contributed by atoms with E-state index in [1.54, 1.807) is 0 Å². The topological polar surface area (TPSA) is 37.3 Å². The van der Waals surface area contributed by atoms with Gasteiger partial charge < -0.3 is 9.90 Å². The van der Waals surface area contributed by atoms with Gasteiger partial charge in [0.05, 0.1) is 0 Å². The molecule has 0 aromatic rings. The summed E-state index contributed by atoms with van der Waals surface area (Å²) in [7, 11) is 4.09. The third-order valence-corrected chi connectivity index (χ3v) is 0. The SMILES string of the molecule is O=[C-]O.[S]=[Mo]. The van der Waals surface area contributed by atoms with E-state index in [1.807, 2.05) is 0 Å². The first-order valence-electron chi connectivity index (χ1n) is 0.594. The van der Waals surface area contributed by atoms with Gasteiger partial charge >= 0.3 is 27.8 Å². The van der Waals surface area contributed by atoms with Crippen molar-refractivity contribution in [1.82, 2.24) is 0 Å². The molecule has 30 valence electrons. The molecule has 0 aromatic carbocycles. The first-order valence-corrected chi connectivity index (χ1v) is 3.39. The molecule has 5 heavy (non-hydrogen) atoms. The van der Waals surface area contributed by atoms with E-state index in [4.69, 9.17) is 9.90 Å². The monoisotopic (exact) mass is 175 g/mol. The van der Waals surface area contributed by atoms with Crippen molar-refractivity contribution in [2.24, 2.45) is 0 Å². The van der Waals surface area contributed by atoms with Crippen LogP contribution in [0.1, 0.15) is 0 Å². The summed E-state index contributed by atoms with van der Waals surface area (Å²) in [6.07, 6.45) is 0. The Kier molecular flexibility index (Phi) is 47.5. The minimum atomic E-state index is 0.500. The number of rotatable bonds is 0. The van der Waals surface area contributed by atoms with E-state index in [0.29, 0.717) is 6.47 Å². The van der Waals surface area contributed by atoms with Gasteiger partial charge in [0.2, 0.25) is 0 Å². The molecule has 0 aromatic heterocycles. The first kappa shape index (κ1) is 9.03. The van der Waals surface area contributed by atoms with E-state index in [2.05, 4.69) is 9.82 Å². The quantitative estimate of drug-likeness (QED) is 0.421. The van der Waals surface area contributed by atoms with E-state index < -0.39 is 0 Å². The Labute approximate surface area is 44.5 Å². The van der Waals surface area contributed by atoms with E-state index in [9.17, 15) is 0 Å². The molecule has 1 N–H and O–H groups in total. The van der Waals surface area contributed by atoms with Gasteiger partial charge in [-0.2, -0.15) is 0 Å². The molecule has 0 radical (unpaired) electrons. The van der Waals surface area contributed by atoms with Crippen molar-refractivity contribution in [3.05, 3.63) is 0 Å². The Morgan fingerprint density at radius 3 is 1.80 bits per heavy atom. The first-order chi connectivity index (χ1) is 2.41. The number of hydrogen-bond acceptors (Lipinski definition) is 2. The summed E-state index contributed by atoms with van der Waals surface area (Å²) in [5, 5.41) is 6.76. The molecule has 4 heteroatoms. The zero-order valence-corrected chi connectivity index (χ0v) is 5.00. The van der Waals surface area contributed by atoms with Crippen LogP contribution in [-0.4, -0.2) is 11.6 Å². The van der Waals surface area contributed by atoms with Crippen LogP contribution < -0.4 is 0 Å². The van der Waals surface area contributed by atoms with Gasteiger partial charge in [-0.1, -0.05) is 6.47 Å². The predicted octanol–water partition coefficient (Wildman–Crippen LogP) is 0.257. The second-order valence-corrected chi connectivity index (χ2v) is 0.0913. The van der Waals surface area contributed by atoms with Gasteiger partial charge in [0.25, 0.3) is 0 Å². The summed E-state index contributed by atoms with van der Waals surface area (Å²) in [6.45, 7) is 0.500. The fourth-order valence-electron chi connectivity index (χ4n) is 0. The second kappa shape index (κ2) is 26.3. The van der Waals surface area contributed by atoms with Crippen molar-refractivity contribution in [1.29, 1.82) is 0 Å². The van der Waals surface area contributed by atoms with Gasteiger partial charge in [0, 0.05) is 0 Å². The van der Waals surface area contributed by atoms with Crippen LogP contribution in [0.2, 0.25) is 0 Å². The minimum absolute atomic E-state index is 0.500. The van der Waals surface area contributed by atoms with Crippen LogP contribution >= 0.6 is 9.82 Å². The average Bonchev–Trinajstić information content (AvgIpc) is 1.46. The van der Waals surface area contributed by atoms with Crippen LogP contribution in [0, 0.1) is 0 Å². The molecule has 0 aliphatic carbocycles. The van der Waals surface area contributed by atoms with Gasteiger partial charge in [-0.3, -0.25) is 0 Å². The fourth-order valence-corrected chi connectivity index (χ4v) is 0. The van der Waals surface area contributed by atoms with Crippen LogP contribution in [0.5, 0.6) is 0 Å². The van der Waals surface area contributed by atoms with Gasteiger partial charge in [0.1, 0.15) is 0 Å². The molecule has 0 saturated carbocycles. The Balaban J connectivity index is 0. The molecule has 0 unspecified atom stereocenters. The molecule has 0 rings (SSSR count). The third-order valence-electron chi connectivity index (χ3n) is 0. The van der Waals surface area contributed by atoms with Crippen LogP contribution in [0.3, 0.4) is 0 Å². The summed E-state index contributed by atoms with van der Waals surface area (Å²) in [5.41, 5.74) is 0. The number of aliphatic hydroxyl groups excluding tert-OH is 1. The standard InChI is InChI=1S/CHO2.Mo.S/c2-1-3;;/h(H,2,3);;/q-1;;. The van der Waals surface area contributed by atoms with Crippen LogP contribution in [0.4, 0.5) is 0 Å². The Morgan fingerprint density at radius 1 is 1.80 bits per heavy atom. The molecule has 0 atom stereocenters. The maximum atomic E-state index is 8.24. The molecule has 0 bridgehead atoms.